The fraction of sp³-hybridized carbons (Fsp3) is 0.0500. The lowest BCUT2D eigenvalue weighted by molar-refractivity contribution is -0.105. The van der Waals surface area contributed by atoms with Crippen LogP contribution in [-0.2, 0) is 11.3 Å². The zero-order valence-corrected chi connectivity index (χ0v) is 14.3. The number of primary amides is 1. The average Bonchev–Trinajstić information content (AvgIpc) is 3.16. The Morgan fingerprint density at radius 3 is 2.63 bits per heavy atom. The third-order valence-corrected chi connectivity index (χ3v) is 4.03. The van der Waals surface area contributed by atoms with Gasteiger partial charge in [0.1, 0.15) is 5.82 Å². The molecule has 7 heteroatoms. The molecule has 3 N–H and O–H groups in total. The number of hydrogen-bond acceptors (Lipinski definition) is 3. The van der Waals surface area contributed by atoms with Gasteiger partial charge in [-0.25, -0.2) is 9.37 Å². The van der Waals surface area contributed by atoms with E-state index in [1.807, 2.05) is 4.57 Å². The van der Waals surface area contributed by atoms with E-state index in [9.17, 15) is 14.0 Å². The van der Waals surface area contributed by atoms with Gasteiger partial charge in [0.25, 0.3) is 0 Å². The second-order valence-electron chi connectivity index (χ2n) is 5.80. The number of carbonyl (C=O) groups is 2. The molecule has 0 radical (unpaired) electrons. The molecule has 136 valence electrons. The van der Waals surface area contributed by atoms with Crippen LogP contribution in [0.15, 0.2) is 61.2 Å². The summed E-state index contributed by atoms with van der Waals surface area (Å²) in [7, 11) is 0. The minimum atomic E-state index is -0.614. The molecule has 1 heterocycles. The lowest BCUT2D eigenvalue weighted by atomic mass is 9.98. The van der Waals surface area contributed by atoms with Crippen molar-refractivity contribution in [2.24, 2.45) is 5.73 Å². The summed E-state index contributed by atoms with van der Waals surface area (Å²) in [6, 6.07) is 10.9. The Bertz CT molecular complexity index is 980. The normalized spacial score (nSPS) is 11.2. The van der Waals surface area contributed by atoms with Crippen LogP contribution in [0.3, 0.4) is 0 Å². The summed E-state index contributed by atoms with van der Waals surface area (Å²) in [5.74, 6) is -0.960. The summed E-state index contributed by atoms with van der Waals surface area (Å²) < 4.78 is 15.2. The first-order valence-electron chi connectivity index (χ1n) is 8.13. The predicted molar refractivity (Wildman–Crippen MR) is 101 cm³/mol. The Hall–Kier alpha value is -3.74. The molecule has 0 fully saturated rings. The molecular formula is C20H17FN4O2. The van der Waals surface area contributed by atoms with Crippen molar-refractivity contribution in [2.75, 3.05) is 5.32 Å². The van der Waals surface area contributed by atoms with E-state index < -0.39 is 5.91 Å². The molecule has 0 spiro atoms. The van der Waals surface area contributed by atoms with Crippen molar-refractivity contribution in [3.05, 3.63) is 83.7 Å². The Morgan fingerprint density at radius 1 is 1.22 bits per heavy atom. The highest BCUT2D eigenvalue weighted by Crippen LogP contribution is 2.27. The van der Waals surface area contributed by atoms with Gasteiger partial charge >= 0.3 is 0 Å². The number of benzene rings is 2. The molecule has 27 heavy (non-hydrogen) atoms. The van der Waals surface area contributed by atoms with Crippen molar-refractivity contribution in [2.45, 2.75) is 6.54 Å². The van der Waals surface area contributed by atoms with Crippen LogP contribution in [0.25, 0.3) is 11.6 Å². The van der Waals surface area contributed by atoms with Crippen molar-refractivity contribution >= 4 is 29.7 Å². The van der Waals surface area contributed by atoms with Crippen LogP contribution < -0.4 is 11.1 Å². The lowest BCUT2D eigenvalue weighted by Gasteiger charge is -2.13. The van der Waals surface area contributed by atoms with Crippen LogP contribution in [-0.4, -0.2) is 21.9 Å². The van der Waals surface area contributed by atoms with Crippen molar-refractivity contribution in [1.82, 2.24) is 9.55 Å². The van der Waals surface area contributed by atoms with E-state index >= 15 is 0 Å². The first-order chi connectivity index (χ1) is 13.1. The number of aromatic nitrogens is 2. The zero-order valence-electron chi connectivity index (χ0n) is 14.3. The Kier molecular flexibility index (Phi) is 5.41. The smallest absolute Gasteiger partial charge is 0.249 e. The minimum Gasteiger partial charge on any atom is -0.366 e. The van der Waals surface area contributed by atoms with Gasteiger partial charge in [-0.1, -0.05) is 18.2 Å². The van der Waals surface area contributed by atoms with E-state index in [1.54, 1.807) is 55.1 Å². The molecule has 0 atom stereocenters. The highest BCUT2D eigenvalue weighted by atomic mass is 19.1. The van der Waals surface area contributed by atoms with Crippen molar-refractivity contribution in [3.63, 3.8) is 0 Å². The molecule has 2 amide bonds. The number of halogens is 1. The zero-order chi connectivity index (χ0) is 19.2. The number of nitrogens with two attached hydrogens (primary N) is 1. The Morgan fingerprint density at radius 2 is 2.00 bits per heavy atom. The maximum absolute atomic E-state index is 13.3. The molecule has 0 unspecified atom stereocenters. The topological polar surface area (TPSA) is 90.0 Å². The van der Waals surface area contributed by atoms with Gasteiger partial charge in [0.05, 0.1) is 6.33 Å². The number of nitrogens with zero attached hydrogens (tertiary/aromatic N) is 2. The first-order valence-corrected chi connectivity index (χ1v) is 8.13. The highest BCUT2D eigenvalue weighted by molar-refractivity contribution is 6.02. The third kappa shape index (κ3) is 4.27. The molecule has 3 aromatic rings. The van der Waals surface area contributed by atoms with E-state index in [1.165, 1.54) is 12.1 Å². The third-order valence-electron chi connectivity index (χ3n) is 4.03. The van der Waals surface area contributed by atoms with Gasteiger partial charge < -0.3 is 15.6 Å². The van der Waals surface area contributed by atoms with Crippen molar-refractivity contribution < 1.29 is 14.0 Å². The molecule has 0 bridgehead atoms. The molecule has 6 nitrogen and oxygen atoms in total. The number of anilines is 1. The van der Waals surface area contributed by atoms with Crippen LogP contribution in [0.2, 0.25) is 0 Å². The quantitative estimate of drug-likeness (QED) is 0.499. The number of carbonyl (C=O) groups excluding carboxylic acids is 2. The van der Waals surface area contributed by atoms with Gasteiger partial charge in [-0.3, -0.25) is 9.59 Å². The van der Waals surface area contributed by atoms with Crippen molar-refractivity contribution in [3.8, 4) is 0 Å². The fourth-order valence-corrected chi connectivity index (χ4v) is 2.76. The number of nitrogens with one attached hydrogen (secondary N) is 1. The number of imidazole rings is 1. The summed E-state index contributed by atoms with van der Waals surface area (Å²) >= 11 is 0. The average molecular weight is 364 g/mol. The van der Waals surface area contributed by atoms with E-state index in [-0.39, 0.29) is 11.4 Å². The maximum Gasteiger partial charge on any atom is 0.249 e. The first kappa shape index (κ1) is 18.1. The number of hydrogen-bond donors (Lipinski definition) is 2. The number of allylic oxidation sites excluding steroid dienone is 1. The van der Waals surface area contributed by atoms with Gasteiger partial charge in [-0.2, -0.15) is 0 Å². The summed E-state index contributed by atoms with van der Waals surface area (Å²) in [6.45, 7) is 0.430. The number of rotatable bonds is 7. The monoisotopic (exact) mass is 364 g/mol. The van der Waals surface area contributed by atoms with Crippen LogP contribution in [0.4, 0.5) is 10.1 Å². The van der Waals surface area contributed by atoms with Gasteiger partial charge in [-0.05, 0) is 41.5 Å². The Balaban J connectivity index is 2.16. The van der Waals surface area contributed by atoms with Gasteiger partial charge in [0.15, 0.2) is 0 Å². The largest absolute Gasteiger partial charge is 0.366 e. The van der Waals surface area contributed by atoms with Gasteiger partial charge in [-0.15, -0.1) is 0 Å². The molecule has 0 aliphatic heterocycles. The summed E-state index contributed by atoms with van der Waals surface area (Å²) in [6.07, 6.45) is 7.40. The van der Waals surface area contributed by atoms with Crippen LogP contribution >= 0.6 is 0 Å². The maximum atomic E-state index is 13.3. The molecule has 0 aliphatic carbocycles. The fourth-order valence-electron chi connectivity index (χ4n) is 2.76. The number of amides is 2. The van der Waals surface area contributed by atoms with Crippen LogP contribution in [0.1, 0.15) is 21.5 Å². The Labute approximate surface area is 155 Å². The molecule has 0 aliphatic rings. The van der Waals surface area contributed by atoms with E-state index in [4.69, 9.17) is 5.73 Å². The molecule has 0 saturated heterocycles. The summed E-state index contributed by atoms with van der Waals surface area (Å²) in [4.78, 5) is 26.9. The standard InChI is InChI=1S/C20H17FN4O2/c21-16-6-4-14(5-7-16)15(11-25-9-8-23-12-25)10-18-17(20(22)27)2-1-3-19(18)24-13-26/h1-10,12-13H,11H2,(H2,22,27)(H,24,26). The van der Waals surface area contributed by atoms with E-state index in [2.05, 4.69) is 10.3 Å². The summed E-state index contributed by atoms with van der Waals surface area (Å²) in [5.41, 5.74) is 8.26. The second-order valence-corrected chi connectivity index (χ2v) is 5.80. The second kappa shape index (κ2) is 8.09. The highest BCUT2D eigenvalue weighted by Gasteiger charge is 2.13. The minimum absolute atomic E-state index is 0.270. The molecular weight excluding hydrogens is 347 g/mol. The van der Waals surface area contributed by atoms with Gasteiger partial charge in [0, 0.05) is 35.8 Å². The molecule has 1 aromatic heterocycles. The van der Waals surface area contributed by atoms with Crippen LogP contribution in [0.5, 0.6) is 0 Å². The lowest BCUT2D eigenvalue weighted by Crippen LogP contribution is -2.14. The molecule has 3 rings (SSSR count). The predicted octanol–water partition coefficient (Wildman–Crippen LogP) is 2.93. The SMILES string of the molecule is NC(=O)c1cccc(NC=O)c1C=C(Cn1ccnc1)c1ccc(F)cc1. The van der Waals surface area contributed by atoms with Crippen LogP contribution in [0, 0.1) is 5.82 Å². The summed E-state index contributed by atoms with van der Waals surface area (Å²) in [5, 5.41) is 2.58. The van der Waals surface area contributed by atoms with Crippen molar-refractivity contribution in [1.29, 1.82) is 0 Å². The molecule has 2 aromatic carbocycles. The van der Waals surface area contributed by atoms with Gasteiger partial charge in [0.2, 0.25) is 12.3 Å². The van der Waals surface area contributed by atoms with E-state index in [0.29, 0.717) is 24.2 Å². The van der Waals surface area contributed by atoms with E-state index in [0.717, 1.165) is 11.1 Å². The molecule has 0 saturated carbocycles.